The van der Waals surface area contributed by atoms with Crippen LogP contribution in [0.1, 0.15) is 12.8 Å². The molecular formula is C16H24FeO4. The Balaban J connectivity index is -0.000000295. The molecule has 0 rings (SSSR count). The smallest absolute Gasteiger partial charge is 0.465 e. The first kappa shape index (κ1) is 24.9. The van der Waals surface area contributed by atoms with Gasteiger partial charge in [-0.1, -0.05) is 13.2 Å². The van der Waals surface area contributed by atoms with Crippen molar-refractivity contribution in [2.75, 3.05) is 13.2 Å². The molecule has 0 radical (unpaired) electrons. The van der Waals surface area contributed by atoms with Gasteiger partial charge >= 0.3 is 29.0 Å². The first-order chi connectivity index (χ1) is 9.40. The van der Waals surface area contributed by atoms with Crippen LogP contribution < -0.4 is 0 Å². The van der Waals surface area contributed by atoms with Gasteiger partial charge in [-0.3, -0.25) is 0 Å². The minimum absolute atomic E-state index is 0. The molecule has 0 aliphatic carbocycles. The van der Waals surface area contributed by atoms with Gasteiger partial charge in [0, 0.05) is 12.2 Å². The Hall–Kier alpha value is -1.06. The van der Waals surface area contributed by atoms with E-state index in [0.29, 0.717) is 26.1 Å². The van der Waals surface area contributed by atoms with Gasteiger partial charge in [-0.2, -0.15) is 11.8 Å². The third kappa shape index (κ3) is 18.9. The van der Waals surface area contributed by atoms with E-state index in [4.69, 9.17) is 0 Å². The normalized spacial score (nSPS) is 11.6. The molecule has 2 unspecified atom stereocenters. The van der Waals surface area contributed by atoms with Crippen molar-refractivity contribution in [1.82, 2.24) is 0 Å². The molecule has 0 N–H and O–H groups in total. The molecule has 0 aliphatic rings. The van der Waals surface area contributed by atoms with E-state index >= 15 is 0 Å². The Labute approximate surface area is 139 Å². The summed E-state index contributed by atoms with van der Waals surface area (Å²) < 4.78 is 9.37. The van der Waals surface area contributed by atoms with Crippen LogP contribution in [0.2, 0.25) is 0 Å². The topological polar surface area (TPSA) is 52.6 Å². The maximum absolute atomic E-state index is 10.4. The predicted octanol–water partition coefficient (Wildman–Crippen LogP) is 2.78. The Morgan fingerprint density at radius 1 is 0.905 bits per heavy atom. The molecule has 120 valence electrons. The second-order valence-corrected chi connectivity index (χ2v) is 3.98. The Kier molecular flexibility index (Phi) is 20.2. The van der Waals surface area contributed by atoms with E-state index in [1.165, 1.54) is 0 Å². The molecular weight excluding hydrogens is 312 g/mol. The number of carbonyl (C=O) groups is 2. The maximum Gasteiger partial charge on any atom is 4.00 e. The van der Waals surface area contributed by atoms with Crippen molar-refractivity contribution in [1.29, 1.82) is 0 Å². The summed E-state index contributed by atoms with van der Waals surface area (Å²) >= 11 is 0. The second-order valence-electron chi connectivity index (χ2n) is 3.98. The van der Waals surface area contributed by atoms with Crippen molar-refractivity contribution in [3.05, 3.63) is 53.0 Å². The number of carbonyl (C=O) groups excluding carboxylic acids is 2. The van der Waals surface area contributed by atoms with Crippen LogP contribution in [0.3, 0.4) is 0 Å². The second kappa shape index (κ2) is 17.0. The van der Waals surface area contributed by atoms with Crippen LogP contribution >= 0.6 is 0 Å². The van der Waals surface area contributed by atoms with Crippen LogP contribution in [-0.4, -0.2) is 25.2 Å². The maximum atomic E-state index is 10.4. The molecule has 2 atom stereocenters. The summed E-state index contributed by atoms with van der Waals surface area (Å²) in [6.07, 6.45) is 3.61. The van der Waals surface area contributed by atoms with E-state index in [1.54, 1.807) is 0 Å². The Morgan fingerprint density at radius 3 is 1.38 bits per heavy atom. The molecule has 0 aliphatic heterocycles. The molecule has 4 nitrogen and oxygen atoms in total. The molecule has 0 saturated carbocycles. The first-order valence-corrected chi connectivity index (χ1v) is 6.24. The van der Waals surface area contributed by atoms with Crippen LogP contribution in [0, 0.1) is 39.5 Å². The van der Waals surface area contributed by atoms with Crippen LogP contribution in [-0.2, 0) is 36.1 Å². The SMILES string of the molecule is C=CC(=O)OCC([CH2-])C[CH2-].C=CC(=O)OCC([CH2-])C[CH2-].[Fe+4]. The average molecular weight is 336 g/mol. The van der Waals surface area contributed by atoms with Gasteiger partial charge in [0.2, 0.25) is 0 Å². The van der Waals surface area contributed by atoms with Gasteiger partial charge < -0.3 is 37.2 Å². The van der Waals surface area contributed by atoms with Crippen molar-refractivity contribution in [3.8, 4) is 0 Å². The van der Waals surface area contributed by atoms with Gasteiger partial charge in [-0.15, -0.1) is 0 Å². The minimum Gasteiger partial charge on any atom is -0.465 e. The van der Waals surface area contributed by atoms with E-state index in [-0.39, 0.29) is 28.9 Å². The first-order valence-electron chi connectivity index (χ1n) is 6.24. The molecule has 5 heteroatoms. The molecule has 0 amide bonds. The van der Waals surface area contributed by atoms with Crippen molar-refractivity contribution >= 4 is 11.9 Å². The van der Waals surface area contributed by atoms with E-state index in [1.807, 2.05) is 0 Å². The fraction of sp³-hybridized carbons (Fsp3) is 0.375. The average Bonchev–Trinajstić information content (AvgIpc) is 2.49. The summed E-state index contributed by atoms with van der Waals surface area (Å²) in [5.74, 6) is -0.628. The Morgan fingerprint density at radius 2 is 1.19 bits per heavy atom. The molecule has 0 bridgehead atoms. The van der Waals surface area contributed by atoms with Gasteiger partial charge in [-0.05, 0) is 0 Å². The summed E-state index contributed by atoms with van der Waals surface area (Å²) in [7, 11) is 0. The summed E-state index contributed by atoms with van der Waals surface area (Å²) in [6, 6.07) is 0. The fourth-order valence-electron chi connectivity index (χ4n) is 0.684. The number of hydrogen-bond donors (Lipinski definition) is 0. The number of esters is 2. The zero-order valence-corrected chi connectivity index (χ0v) is 13.5. The fourth-order valence-corrected chi connectivity index (χ4v) is 0.684. The summed E-state index contributed by atoms with van der Waals surface area (Å²) in [5, 5.41) is 0. The number of rotatable bonds is 8. The van der Waals surface area contributed by atoms with E-state index in [2.05, 4.69) is 50.3 Å². The zero-order valence-electron chi connectivity index (χ0n) is 12.4. The van der Waals surface area contributed by atoms with Crippen molar-refractivity contribution in [3.63, 3.8) is 0 Å². The third-order valence-corrected chi connectivity index (χ3v) is 2.07. The van der Waals surface area contributed by atoms with Gasteiger partial charge in [0.15, 0.2) is 0 Å². The Bertz CT molecular complexity index is 273. The van der Waals surface area contributed by atoms with E-state index in [9.17, 15) is 9.59 Å². The van der Waals surface area contributed by atoms with E-state index < -0.39 is 11.9 Å². The van der Waals surface area contributed by atoms with Crippen molar-refractivity contribution in [2.24, 2.45) is 11.8 Å². The standard InChI is InChI=1S/2C8H12O2.Fe/c2*1-4-7(3)6-10-8(9)5-2;/h2*5,7H,1-4,6H2;/q2*-2;+4. The third-order valence-electron chi connectivity index (χ3n) is 2.07. The van der Waals surface area contributed by atoms with Crippen molar-refractivity contribution < 1.29 is 36.1 Å². The predicted molar refractivity (Wildman–Crippen MR) is 80.0 cm³/mol. The number of ether oxygens (including phenoxy) is 2. The van der Waals surface area contributed by atoms with Crippen LogP contribution in [0.5, 0.6) is 0 Å². The molecule has 0 aromatic heterocycles. The minimum atomic E-state index is -0.401. The zero-order chi connectivity index (χ0) is 16.0. The molecule has 0 heterocycles. The summed E-state index contributed by atoms with van der Waals surface area (Å²) in [5.41, 5.74) is 0. The number of hydrogen-bond acceptors (Lipinski definition) is 4. The molecule has 0 spiro atoms. The quantitative estimate of drug-likeness (QED) is 0.296. The molecule has 0 aromatic carbocycles. The van der Waals surface area contributed by atoms with Crippen LogP contribution in [0.15, 0.2) is 25.3 Å². The van der Waals surface area contributed by atoms with Crippen molar-refractivity contribution in [2.45, 2.75) is 12.8 Å². The van der Waals surface area contributed by atoms with Gasteiger partial charge in [0.25, 0.3) is 0 Å². The monoisotopic (exact) mass is 336 g/mol. The largest absolute Gasteiger partial charge is 4.00 e. The van der Waals surface area contributed by atoms with E-state index in [0.717, 1.165) is 12.2 Å². The molecule has 0 fully saturated rings. The van der Waals surface area contributed by atoms with Crippen LogP contribution in [0.4, 0.5) is 0 Å². The summed E-state index contributed by atoms with van der Waals surface area (Å²) in [6.45, 7) is 21.8. The van der Waals surface area contributed by atoms with Crippen LogP contribution in [0.25, 0.3) is 0 Å². The van der Waals surface area contributed by atoms with Gasteiger partial charge in [-0.25, -0.2) is 22.4 Å². The molecule has 0 aromatic rings. The molecule has 21 heavy (non-hydrogen) atoms. The van der Waals surface area contributed by atoms with Gasteiger partial charge in [0.1, 0.15) is 0 Å². The molecule has 0 saturated heterocycles. The summed E-state index contributed by atoms with van der Waals surface area (Å²) in [4.78, 5) is 20.9. The van der Waals surface area contributed by atoms with Gasteiger partial charge in [0.05, 0.1) is 13.2 Å².